The van der Waals surface area contributed by atoms with Gasteiger partial charge in [-0.15, -0.1) is 11.8 Å². The van der Waals surface area contributed by atoms with Crippen LogP contribution >= 0.6 is 11.8 Å². The number of anilines is 1. The lowest BCUT2D eigenvalue weighted by atomic mass is 9.70. The predicted molar refractivity (Wildman–Crippen MR) is 154 cm³/mol. The zero-order valence-corrected chi connectivity index (χ0v) is 23.6. The van der Waals surface area contributed by atoms with Crippen molar-refractivity contribution >= 4 is 35.2 Å². The number of carbonyl (C=O) groups excluding carboxylic acids is 3. The van der Waals surface area contributed by atoms with Crippen molar-refractivity contribution < 1.29 is 19.5 Å². The number of hydrogen-bond acceptors (Lipinski definition) is 5. The Hall–Kier alpha value is -2.84. The molecule has 5 rings (SSSR count). The summed E-state index contributed by atoms with van der Waals surface area (Å²) in [4.78, 5) is 43.4. The molecule has 2 aromatic carbocycles. The van der Waals surface area contributed by atoms with Crippen LogP contribution in [0.2, 0.25) is 0 Å². The first-order valence-electron chi connectivity index (χ1n) is 14.1. The summed E-state index contributed by atoms with van der Waals surface area (Å²) < 4.78 is -0.594. The van der Waals surface area contributed by atoms with E-state index >= 15 is 0 Å². The minimum atomic E-state index is -0.616. The minimum absolute atomic E-state index is 0.0393. The molecule has 2 unspecified atom stereocenters. The fraction of sp³-hybridized carbons (Fsp3) is 0.516. The Kier molecular flexibility index (Phi) is 8.33. The molecule has 0 aliphatic carbocycles. The largest absolute Gasteiger partial charge is 0.396 e. The highest BCUT2D eigenvalue weighted by molar-refractivity contribution is 8.02. The number of thioether (sulfide) groups is 1. The van der Waals surface area contributed by atoms with Crippen LogP contribution in [0.3, 0.4) is 0 Å². The number of unbranched alkanes of at least 4 members (excludes halogenated alkanes) is 3. The van der Waals surface area contributed by atoms with Crippen molar-refractivity contribution in [2.75, 3.05) is 18.5 Å². The van der Waals surface area contributed by atoms with Gasteiger partial charge < -0.3 is 20.6 Å². The van der Waals surface area contributed by atoms with Gasteiger partial charge in [-0.1, -0.05) is 55.3 Å². The van der Waals surface area contributed by atoms with Crippen molar-refractivity contribution in [1.82, 2.24) is 10.2 Å². The summed E-state index contributed by atoms with van der Waals surface area (Å²) in [7, 11) is 0. The van der Waals surface area contributed by atoms with E-state index in [1.54, 1.807) is 16.7 Å². The smallest absolute Gasteiger partial charge is 0.248 e. The van der Waals surface area contributed by atoms with Crippen LogP contribution in [-0.2, 0) is 20.9 Å². The number of nitrogens with one attached hydrogen (secondary N) is 2. The number of rotatable bonds is 11. The van der Waals surface area contributed by atoms with Gasteiger partial charge in [-0.3, -0.25) is 14.4 Å². The first-order chi connectivity index (χ1) is 18.9. The van der Waals surface area contributed by atoms with Crippen LogP contribution in [-0.4, -0.2) is 56.9 Å². The summed E-state index contributed by atoms with van der Waals surface area (Å²) >= 11 is 1.70. The van der Waals surface area contributed by atoms with E-state index in [0.29, 0.717) is 13.1 Å². The molecular weight excluding hydrogens is 510 g/mol. The average molecular weight is 550 g/mol. The van der Waals surface area contributed by atoms with Crippen molar-refractivity contribution in [2.24, 2.45) is 11.8 Å². The first-order valence-corrected chi connectivity index (χ1v) is 15.0. The molecule has 5 atom stereocenters. The molecule has 8 heteroatoms. The van der Waals surface area contributed by atoms with Crippen LogP contribution in [0.25, 0.3) is 0 Å². The molecule has 3 saturated heterocycles. The second kappa shape index (κ2) is 11.7. The highest BCUT2D eigenvalue weighted by Crippen LogP contribution is 2.66. The Morgan fingerprint density at radius 2 is 1.82 bits per heavy atom. The lowest BCUT2D eigenvalue weighted by Crippen LogP contribution is -2.52. The number of aliphatic hydroxyl groups excluding tert-OH is 1. The van der Waals surface area contributed by atoms with E-state index in [1.807, 2.05) is 62.4 Å². The van der Waals surface area contributed by atoms with Gasteiger partial charge in [-0.2, -0.15) is 0 Å². The molecule has 0 radical (unpaired) electrons. The molecule has 2 bridgehead atoms. The topological polar surface area (TPSA) is 98.7 Å². The van der Waals surface area contributed by atoms with Gasteiger partial charge in [0.15, 0.2) is 0 Å². The van der Waals surface area contributed by atoms with E-state index in [2.05, 4.69) is 10.6 Å². The van der Waals surface area contributed by atoms with Crippen LogP contribution in [0.15, 0.2) is 48.5 Å². The highest BCUT2D eigenvalue weighted by atomic mass is 32.2. The quantitative estimate of drug-likeness (QED) is 0.365. The summed E-state index contributed by atoms with van der Waals surface area (Å²) in [5.74, 6) is -1.24. The number of aliphatic hydroxyl groups is 1. The Bertz CT molecular complexity index is 1220. The van der Waals surface area contributed by atoms with Gasteiger partial charge in [0, 0.05) is 30.6 Å². The number of likely N-dealkylation sites (tertiary alicyclic amines) is 1. The van der Waals surface area contributed by atoms with E-state index in [4.69, 9.17) is 5.11 Å². The van der Waals surface area contributed by atoms with Gasteiger partial charge in [0.2, 0.25) is 17.7 Å². The highest BCUT2D eigenvalue weighted by Gasteiger charge is 2.73. The predicted octanol–water partition coefficient (Wildman–Crippen LogP) is 4.20. The molecule has 3 aliphatic rings. The average Bonchev–Trinajstić information content (AvgIpc) is 3.57. The molecule has 3 fully saturated rings. The third kappa shape index (κ3) is 5.33. The maximum absolute atomic E-state index is 14.1. The van der Waals surface area contributed by atoms with Crippen LogP contribution in [0.5, 0.6) is 0 Å². The summed E-state index contributed by atoms with van der Waals surface area (Å²) in [6, 6.07) is 15.2. The Balaban J connectivity index is 1.40. The van der Waals surface area contributed by atoms with Gasteiger partial charge in [-0.05, 0) is 62.3 Å². The number of aryl methyl sites for hydroxylation is 2. The Morgan fingerprint density at radius 1 is 1.05 bits per heavy atom. The number of benzene rings is 2. The minimum Gasteiger partial charge on any atom is -0.396 e. The summed E-state index contributed by atoms with van der Waals surface area (Å²) in [6.45, 7) is 5.03. The van der Waals surface area contributed by atoms with Gasteiger partial charge in [0.25, 0.3) is 0 Å². The number of fused-ring (bicyclic) bond motifs is 1. The van der Waals surface area contributed by atoms with E-state index in [0.717, 1.165) is 60.9 Å². The molecule has 3 aliphatic heterocycles. The number of nitrogens with zero attached hydrogens (tertiary/aromatic N) is 1. The van der Waals surface area contributed by atoms with Crippen molar-refractivity contribution in [3.63, 3.8) is 0 Å². The molecule has 208 valence electrons. The number of amides is 3. The van der Waals surface area contributed by atoms with Gasteiger partial charge in [-0.25, -0.2) is 0 Å². The van der Waals surface area contributed by atoms with E-state index < -0.39 is 22.6 Å². The molecule has 0 saturated carbocycles. The molecule has 0 aromatic heterocycles. The molecule has 3 amide bonds. The third-order valence-corrected chi connectivity index (χ3v) is 10.6. The number of carbonyl (C=O) groups is 3. The molecule has 7 nitrogen and oxygen atoms in total. The summed E-state index contributed by atoms with van der Waals surface area (Å²) in [5.41, 5.74) is 3.82. The van der Waals surface area contributed by atoms with E-state index in [-0.39, 0.29) is 29.6 Å². The third-order valence-electron chi connectivity index (χ3n) is 8.62. The van der Waals surface area contributed by atoms with Gasteiger partial charge >= 0.3 is 0 Å². The Labute approximate surface area is 235 Å². The molecule has 3 N–H and O–H groups in total. The lowest BCUT2D eigenvalue weighted by molar-refractivity contribution is -0.139. The SMILES string of the molecule is Cc1ccc(C)c(NC(=O)C2N(CCCCCCO)C(=O)[C@@H]3[C@@H](C(=O)NCc4ccccc4)[C@H]4CCC23S4)c1. The fourth-order valence-electron chi connectivity index (χ4n) is 6.72. The van der Waals surface area contributed by atoms with Crippen molar-refractivity contribution in [2.45, 2.75) is 75.0 Å². The van der Waals surface area contributed by atoms with Crippen LogP contribution in [0, 0.1) is 25.7 Å². The zero-order chi connectivity index (χ0) is 27.6. The first kappa shape index (κ1) is 27.7. The summed E-state index contributed by atoms with van der Waals surface area (Å²) in [5, 5.41) is 15.4. The standard InChI is InChI=1S/C31H39N3O4S/c1-20-12-13-21(2)23(18-20)33-29(37)27-31-15-14-24(39-31)25(28(36)32-19-22-10-6-5-7-11-22)26(31)30(38)34(27)16-8-3-4-9-17-35/h5-7,10-13,18,24-27,35H,3-4,8-9,14-17,19H2,1-2H3,(H,32,36)(H,33,37)/t24-,25+,26+,27?,31?/m1/s1. The maximum Gasteiger partial charge on any atom is 0.248 e. The number of hydrogen-bond donors (Lipinski definition) is 3. The van der Waals surface area contributed by atoms with Crippen LogP contribution < -0.4 is 10.6 Å². The molecule has 39 heavy (non-hydrogen) atoms. The van der Waals surface area contributed by atoms with Crippen molar-refractivity contribution in [3.8, 4) is 0 Å². The summed E-state index contributed by atoms with van der Waals surface area (Å²) in [6.07, 6.45) is 4.85. The lowest BCUT2D eigenvalue weighted by Gasteiger charge is -2.34. The van der Waals surface area contributed by atoms with Crippen molar-refractivity contribution in [3.05, 3.63) is 65.2 Å². The molecule has 1 spiro atoms. The van der Waals surface area contributed by atoms with Crippen LogP contribution in [0.4, 0.5) is 5.69 Å². The van der Waals surface area contributed by atoms with Gasteiger partial charge in [0.1, 0.15) is 6.04 Å². The molecular formula is C31H39N3O4S. The Morgan fingerprint density at radius 3 is 2.59 bits per heavy atom. The van der Waals surface area contributed by atoms with Crippen LogP contribution in [0.1, 0.15) is 55.2 Å². The van der Waals surface area contributed by atoms with E-state index in [1.165, 1.54) is 0 Å². The molecule has 3 heterocycles. The fourth-order valence-corrected chi connectivity index (χ4v) is 8.94. The second-order valence-electron chi connectivity index (χ2n) is 11.2. The van der Waals surface area contributed by atoms with E-state index in [9.17, 15) is 14.4 Å². The second-order valence-corrected chi connectivity index (χ2v) is 12.8. The zero-order valence-electron chi connectivity index (χ0n) is 22.8. The van der Waals surface area contributed by atoms with Crippen molar-refractivity contribution in [1.29, 1.82) is 0 Å². The molecule has 2 aromatic rings. The van der Waals surface area contributed by atoms with Gasteiger partial charge in [0.05, 0.1) is 16.6 Å². The normalized spacial score (nSPS) is 27.1. The monoisotopic (exact) mass is 549 g/mol. The maximum atomic E-state index is 14.1.